The maximum Gasteiger partial charge on any atom is 0.134 e. The molecule has 1 aromatic heterocycles. The number of rotatable bonds is 3. The van der Waals surface area contributed by atoms with Crippen molar-refractivity contribution >= 4 is 44.7 Å². The Hall–Kier alpha value is -2.00. The molecule has 0 aliphatic rings. The Morgan fingerprint density at radius 3 is 2.43 bits per heavy atom. The molecular weight excluding hydrogens is 326 g/mol. The van der Waals surface area contributed by atoms with E-state index < -0.39 is 0 Å². The van der Waals surface area contributed by atoms with Crippen LogP contribution in [0, 0.1) is 0 Å². The van der Waals surface area contributed by atoms with Crippen LogP contribution < -0.4 is 4.90 Å². The van der Waals surface area contributed by atoms with Crippen molar-refractivity contribution in [1.82, 2.24) is 0 Å². The Bertz CT molecular complexity index is 785. The molecular formula is C18H16BrNO. The highest BCUT2D eigenvalue weighted by atomic mass is 79.9. The normalized spacial score (nSPS) is 11.4. The van der Waals surface area contributed by atoms with E-state index in [1.807, 2.05) is 38.4 Å². The van der Waals surface area contributed by atoms with Crippen LogP contribution in [0.1, 0.15) is 11.3 Å². The van der Waals surface area contributed by atoms with E-state index in [0.29, 0.717) is 0 Å². The van der Waals surface area contributed by atoms with E-state index in [4.69, 9.17) is 4.42 Å². The largest absolute Gasteiger partial charge is 0.457 e. The molecule has 3 heteroatoms. The number of anilines is 1. The molecule has 0 N–H and O–H groups in total. The Labute approximate surface area is 132 Å². The number of benzene rings is 2. The zero-order valence-electron chi connectivity index (χ0n) is 12.0. The molecule has 2 aromatic carbocycles. The number of nitrogens with zero attached hydrogens (tertiary/aromatic N) is 1. The maximum atomic E-state index is 5.79. The fourth-order valence-corrected chi connectivity index (χ4v) is 2.56. The second-order valence-corrected chi connectivity index (χ2v) is 6.07. The van der Waals surface area contributed by atoms with Gasteiger partial charge in [0.15, 0.2) is 0 Å². The topological polar surface area (TPSA) is 16.4 Å². The molecule has 0 aliphatic carbocycles. The van der Waals surface area contributed by atoms with Crippen LogP contribution in [0.5, 0.6) is 0 Å². The fraction of sp³-hybridized carbons (Fsp3) is 0.111. The quantitative estimate of drug-likeness (QED) is 0.631. The summed E-state index contributed by atoms with van der Waals surface area (Å²) in [7, 11) is 4.08. The van der Waals surface area contributed by atoms with Crippen molar-refractivity contribution < 1.29 is 4.42 Å². The van der Waals surface area contributed by atoms with E-state index in [-0.39, 0.29) is 0 Å². The monoisotopic (exact) mass is 341 g/mol. The van der Waals surface area contributed by atoms with Crippen molar-refractivity contribution in [2.24, 2.45) is 0 Å². The number of furan rings is 1. The Morgan fingerprint density at radius 1 is 0.952 bits per heavy atom. The molecule has 0 radical (unpaired) electrons. The van der Waals surface area contributed by atoms with Gasteiger partial charge < -0.3 is 9.32 Å². The van der Waals surface area contributed by atoms with Crippen LogP contribution in [0.15, 0.2) is 57.4 Å². The molecule has 3 aromatic rings. The van der Waals surface area contributed by atoms with Gasteiger partial charge in [0.05, 0.1) is 0 Å². The van der Waals surface area contributed by atoms with Crippen LogP contribution in [0.25, 0.3) is 23.1 Å². The summed E-state index contributed by atoms with van der Waals surface area (Å²) in [6.07, 6.45) is 4.06. The summed E-state index contributed by atoms with van der Waals surface area (Å²) in [5.74, 6) is 0.861. The van der Waals surface area contributed by atoms with E-state index in [1.54, 1.807) is 0 Å². The first-order valence-corrected chi connectivity index (χ1v) is 7.56. The number of hydrogen-bond acceptors (Lipinski definition) is 2. The van der Waals surface area contributed by atoms with Gasteiger partial charge in [0.2, 0.25) is 0 Å². The summed E-state index contributed by atoms with van der Waals surface area (Å²) in [6, 6.07) is 16.5. The van der Waals surface area contributed by atoms with Crippen molar-refractivity contribution in [3.63, 3.8) is 0 Å². The molecule has 2 nitrogen and oxygen atoms in total. The van der Waals surface area contributed by atoms with Crippen LogP contribution >= 0.6 is 15.9 Å². The average Bonchev–Trinajstić information content (AvgIpc) is 2.87. The Balaban J connectivity index is 1.83. The third-order valence-corrected chi connectivity index (χ3v) is 3.84. The first-order chi connectivity index (χ1) is 10.1. The minimum atomic E-state index is 0.861. The number of fused-ring (bicyclic) bond motifs is 1. The predicted molar refractivity (Wildman–Crippen MR) is 93.6 cm³/mol. The van der Waals surface area contributed by atoms with E-state index in [1.165, 1.54) is 5.69 Å². The van der Waals surface area contributed by atoms with Crippen molar-refractivity contribution in [1.29, 1.82) is 0 Å². The molecule has 3 rings (SSSR count). The van der Waals surface area contributed by atoms with Gasteiger partial charge in [-0.15, -0.1) is 0 Å². The second kappa shape index (κ2) is 5.78. The summed E-state index contributed by atoms with van der Waals surface area (Å²) in [6.45, 7) is 0. The third-order valence-electron chi connectivity index (χ3n) is 3.35. The highest BCUT2D eigenvalue weighted by Crippen LogP contribution is 2.24. The molecule has 0 spiro atoms. The summed E-state index contributed by atoms with van der Waals surface area (Å²) in [5.41, 5.74) is 3.25. The molecule has 0 saturated carbocycles. The van der Waals surface area contributed by atoms with Gasteiger partial charge in [0, 0.05) is 29.6 Å². The SMILES string of the molecule is CN(C)c1ccc(/C=C/c2cc3cc(Br)ccc3o2)cc1. The summed E-state index contributed by atoms with van der Waals surface area (Å²) >= 11 is 3.47. The molecule has 1 heterocycles. The molecule has 0 fully saturated rings. The fourth-order valence-electron chi connectivity index (χ4n) is 2.18. The van der Waals surface area contributed by atoms with Crippen molar-refractivity contribution in [2.75, 3.05) is 19.0 Å². The van der Waals surface area contributed by atoms with Gasteiger partial charge in [0.25, 0.3) is 0 Å². The zero-order valence-corrected chi connectivity index (χ0v) is 13.6. The predicted octanol–water partition coefficient (Wildman–Crippen LogP) is 5.43. The lowest BCUT2D eigenvalue weighted by molar-refractivity contribution is 0.604. The van der Waals surface area contributed by atoms with Crippen molar-refractivity contribution in [2.45, 2.75) is 0 Å². The van der Waals surface area contributed by atoms with Gasteiger partial charge in [0.1, 0.15) is 11.3 Å². The summed E-state index contributed by atoms with van der Waals surface area (Å²) in [5, 5.41) is 1.10. The van der Waals surface area contributed by atoms with Gasteiger partial charge in [-0.1, -0.05) is 34.1 Å². The van der Waals surface area contributed by atoms with E-state index in [0.717, 1.165) is 26.8 Å². The molecule has 0 aliphatic heterocycles. The maximum absolute atomic E-state index is 5.79. The minimum Gasteiger partial charge on any atom is -0.457 e. The second-order valence-electron chi connectivity index (χ2n) is 5.15. The Morgan fingerprint density at radius 2 is 1.71 bits per heavy atom. The van der Waals surface area contributed by atoms with E-state index in [9.17, 15) is 0 Å². The minimum absolute atomic E-state index is 0.861. The summed E-state index contributed by atoms with van der Waals surface area (Å²) < 4.78 is 6.85. The van der Waals surface area contributed by atoms with Gasteiger partial charge >= 0.3 is 0 Å². The van der Waals surface area contributed by atoms with E-state index >= 15 is 0 Å². The number of hydrogen-bond donors (Lipinski definition) is 0. The third kappa shape index (κ3) is 3.19. The van der Waals surface area contributed by atoms with Crippen molar-refractivity contribution in [3.05, 3.63) is 64.3 Å². The van der Waals surface area contributed by atoms with Gasteiger partial charge in [-0.3, -0.25) is 0 Å². The van der Waals surface area contributed by atoms with Crippen LogP contribution in [0.3, 0.4) is 0 Å². The van der Waals surface area contributed by atoms with Crippen molar-refractivity contribution in [3.8, 4) is 0 Å². The highest BCUT2D eigenvalue weighted by molar-refractivity contribution is 9.10. The van der Waals surface area contributed by atoms with Crippen LogP contribution in [0.4, 0.5) is 5.69 Å². The standard InChI is InChI=1S/C18H16BrNO/c1-20(2)16-7-3-13(4-8-16)5-9-17-12-14-11-15(19)6-10-18(14)21-17/h3-12H,1-2H3/b9-5+. The van der Waals surface area contributed by atoms with Gasteiger partial charge in [-0.05, 0) is 48.0 Å². The smallest absolute Gasteiger partial charge is 0.134 e. The van der Waals surface area contributed by atoms with Gasteiger partial charge in [-0.25, -0.2) is 0 Å². The molecule has 106 valence electrons. The molecule has 21 heavy (non-hydrogen) atoms. The molecule has 0 unspecified atom stereocenters. The Kier molecular flexibility index (Phi) is 3.84. The lowest BCUT2D eigenvalue weighted by Crippen LogP contribution is -2.07. The zero-order chi connectivity index (χ0) is 14.8. The molecule has 0 atom stereocenters. The average molecular weight is 342 g/mol. The van der Waals surface area contributed by atoms with Crippen LogP contribution in [-0.4, -0.2) is 14.1 Å². The number of halogens is 1. The first-order valence-electron chi connectivity index (χ1n) is 6.76. The van der Waals surface area contributed by atoms with Crippen LogP contribution in [-0.2, 0) is 0 Å². The molecule has 0 bridgehead atoms. The van der Waals surface area contributed by atoms with Crippen LogP contribution in [0.2, 0.25) is 0 Å². The first kappa shape index (κ1) is 14.0. The van der Waals surface area contributed by atoms with E-state index in [2.05, 4.69) is 57.2 Å². The van der Waals surface area contributed by atoms with Gasteiger partial charge in [-0.2, -0.15) is 0 Å². The lowest BCUT2D eigenvalue weighted by Gasteiger charge is -2.11. The highest BCUT2D eigenvalue weighted by Gasteiger charge is 2.01. The molecule has 0 amide bonds. The summed E-state index contributed by atoms with van der Waals surface area (Å²) in [4.78, 5) is 2.09. The molecule has 0 saturated heterocycles. The lowest BCUT2D eigenvalue weighted by atomic mass is 10.2.